The largest absolute Gasteiger partial charge is 0.340 e. The van der Waals surface area contributed by atoms with Gasteiger partial charge in [-0.15, -0.1) is 10.2 Å². The number of carbonyl (C=O) groups excluding carboxylic acids is 1. The minimum Gasteiger partial charge on any atom is -0.340 e. The van der Waals surface area contributed by atoms with Crippen molar-refractivity contribution in [2.75, 3.05) is 7.05 Å². The Morgan fingerprint density at radius 3 is 2.40 bits per heavy atom. The van der Waals surface area contributed by atoms with Crippen LogP contribution in [0.15, 0.2) is 59.8 Å². The molecule has 1 unspecified atom stereocenters. The van der Waals surface area contributed by atoms with Gasteiger partial charge >= 0.3 is 0 Å². The number of rotatable bonds is 8. The molecular formula is C23H27FN4OS. The van der Waals surface area contributed by atoms with Crippen molar-refractivity contribution in [3.8, 4) is 11.4 Å². The molecule has 1 amide bonds. The maximum atomic E-state index is 14.4. The third-order valence-corrected chi connectivity index (χ3v) is 5.72. The molecule has 0 saturated heterocycles. The fourth-order valence-corrected chi connectivity index (χ4v) is 4.17. The highest BCUT2D eigenvalue weighted by Gasteiger charge is 2.24. The van der Waals surface area contributed by atoms with E-state index in [9.17, 15) is 9.18 Å². The topological polar surface area (TPSA) is 51.0 Å². The molecule has 158 valence electrons. The Bertz CT molecular complexity index is 990. The molecule has 1 aromatic heterocycles. The summed E-state index contributed by atoms with van der Waals surface area (Å²) in [7, 11) is 1.80. The lowest BCUT2D eigenvalue weighted by atomic mass is 10.2. The molecule has 3 rings (SSSR count). The van der Waals surface area contributed by atoms with Crippen molar-refractivity contribution >= 4 is 17.7 Å². The number of hydrogen-bond donors (Lipinski definition) is 0. The van der Waals surface area contributed by atoms with Gasteiger partial charge in [0.05, 0.1) is 10.8 Å². The maximum Gasteiger partial charge on any atom is 0.235 e. The number of aromatic nitrogens is 3. The van der Waals surface area contributed by atoms with Gasteiger partial charge in [0.15, 0.2) is 11.0 Å². The fraction of sp³-hybridized carbons (Fsp3) is 0.348. The molecule has 0 fully saturated rings. The predicted molar refractivity (Wildman–Crippen MR) is 118 cm³/mol. The minimum absolute atomic E-state index is 0.00962. The van der Waals surface area contributed by atoms with E-state index in [1.165, 1.54) is 17.8 Å². The van der Waals surface area contributed by atoms with Gasteiger partial charge < -0.3 is 9.47 Å². The van der Waals surface area contributed by atoms with Crippen LogP contribution in [0.4, 0.5) is 4.39 Å². The molecule has 1 heterocycles. The SMILES string of the molecule is CC(C)Cn1c(SC(C)C(=O)N(C)Cc2ccccc2)nnc1-c1ccccc1F. The molecule has 0 N–H and O–H groups in total. The second kappa shape index (κ2) is 9.89. The molecule has 7 heteroatoms. The van der Waals surface area contributed by atoms with Gasteiger partial charge in [-0.1, -0.05) is 68.1 Å². The zero-order chi connectivity index (χ0) is 21.7. The first-order valence-corrected chi connectivity index (χ1v) is 10.9. The summed E-state index contributed by atoms with van der Waals surface area (Å²) in [4.78, 5) is 14.6. The minimum atomic E-state index is -0.345. The van der Waals surface area contributed by atoms with Gasteiger partial charge in [-0.25, -0.2) is 4.39 Å². The van der Waals surface area contributed by atoms with Crippen LogP contribution in [0.2, 0.25) is 0 Å². The van der Waals surface area contributed by atoms with Crippen molar-refractivity contribution in [3.63, 3.8) is 0 Å². The Kier molecular flexibility index (Phi) is 7.26. The summed E-state index contributed by atoms with van der Waals surface area (Å²) in [5.74, 6) is 0.479. The maximum absolute atomic E-state index is 14.4. The second-order valence-corrected chi connectivity index (χ2v) is 9.04. The zero-order valence-corrected chi connectivity index (χ0v) is 18.6. The van der Waals surface area contributed by atoms with E-state index >= 15 is 0 Å². The van der Waals surface area contributed by atoms with E-state index < -0.39 is 0 Å². The summed E-state index contributed by atoms with van der Waals surface area (Å²) in [6, 6.07) is 16.4. The van der Waals surface area contributed by atoms with Gasteiger partial charge in [0, 0.05) is 20.1 Å². The molecule has 2 aromatic carbocycles. The average molecular weight is 427 g/mol. The van der Waals surface area contributed by atoms with Crippen LogP contribution in [0.3, 0.4) is 0 Å². The predicted octanol–water partition coefficient (Wildman–Crippen LogP) is 4.88. The zero-order valence-electron chi connectivity index (χ0n) is 17.7. The average Bonchev–Trinajstić information content (AvgIpc) is 3.09. The number of amides is 1. The van der Waals surface area contributed by atoms with Crippen molar-refractivity contribution in [1.29, 1.82) is 0 Å². The lowest BCUT2D eigenvalue weighted by Crippen LogP contribution is -2.33. The number of nitrogens with zero attached hydrogens (tertiary/aromatic N) is 4. The Morgan fingerprint density at radius 1 is 1.07 bits per heavy atom. The van der Waals surface area contributed by atoms with Gasteiger partial charge in [-0.05, 0) is 30.5 Å². The van der Waals surface area contributed by atoms with Gasteiger partial charge in [0.25, 0.3) is 0 Å². The molecule has 5 nitrogen and oxygen atoms in total. The summed E-state index contributed by atoms with van der Waals surface area (Å²) < 4.78 is 16.3. The highest BCUT2D eigenvalue weighted by atomic mass is 32.2. The molecule has 0 spiro atoms. The smallest absolute Gasteiger partial charge is 0.235 e. The Hall–Kier alpha value is -2.67. The van der Waals surface area contributed by atoms with E-state index in [2.05, 4.69) is 24.0 Å². The van der Waals surface area contributed by atoms with Gasteiger partial charge in [-0.3, -0.25) is 4.79 Å². The number of carbonyl (C=O) groups is 1. The summed E-state index contributed by atoms with van der Waals surface area (Å²) in [6.45, 7) is 7.22. The normalized spacial score (nSPS) is 12.2. The van der Waals surface area contributed by atoms with Crippen LogP contribution in [-0.2, 0) is 17.9 Å². The van der Waals surface area contributed by atoms with Crippen molar-refractivity contribution in [1.82, 2.24) is 19.7 Å². The van der Waals surface area contributed by atoms with Crippen molar-refractivity contribution in [2.45, 2.75) is 44.3 Å². The number of thioether (sulfide) groups is 1. The van der Waals surface area contributed by atoms with Crippen molar-refractivity contribution in [3.05, 3.63) is 66.0 Å². The first-order valence-electron chi connectivity index (χ1n) is 10.0. The molecule has 1 atom stereocenters. The molecule has 30 heavy (non-hydrogen) atoms. The summed E-state index contributed by atoms with van der Waals surface area (Å²) in [6.07, 6.45) is 0. The van der Waals surface area contributed by atoms with E-state index in [4.69, 9.17) is 0 Å². The van der Waals surface area contributed by atoms with Crippen LogP contribution in [0.1, 0.15) is 26.3 Å². The third kappa shape index (κ3) is 5.27. The van der Waals surface area contributed by atoms with Crippen LogP contribution in [0.25, 0.3) is 11.4 Å². The van der Waals surface area contributed by atoms with Crippen LogP contribution < -0.4 is 0 Å². The van der Waals surface area contributed by atoms with E-state index in [-0.39, 0.29) is 17.0 Å². The number of halogens is 1. The molecule has 0 saturated carbocycles. The molecule has 0 aliphatic rings. The van der Waals surface area contributed by atoms with E-state index in [0.717, 1.165) is 5.56 Å². The molecule has 0 aliphatic heterocycles. The van der Waals surface area contributed by atoms with E-state index in [1.54, 1.807) is 30.1 Å². The number of hydrogen-bond acceptors (Lipinski definition) is 4. The first-order chi connectivity index (χ1) is 14.4. The Balaban J connectivity index is 1.80. The summed E-state index contributed by atoms with van der Waals surface area (Å²) >= 11 is 1.36. The quantitative estimate of drug-likeness (QED) is 0.482. The van der Waals surface area contributed by atoms with Crippen LogP contribution in [-0.4, -0.2) is 37.9 Å². The molecule has 0 aliphatic carbocycles. The highest BCUT2D eigenvalue weighted by Crippen LogP contribution is 2.29. The van der Waals surface area contributed by atoms with E-state index in [1.807, 2.05) is 41.8 Å². The van der Waals surface area contributed by atoms with Crippen molar-refractivity contribution < 1.29 is 9.18 Å². The second-order valence-electron chi connectivity index (χ2n) is 7.73. The fourth-order valence-electron chi connectivity index (χ4n) is 3.20. The standard InChI is InChI=1S/C23H27FN4OS/c1-16(2)14-28-21(19-12-8-9-13-20(19)24)25-26-23(28)30-17(3)22(29)27(4)15-18-10-6-5-7-11-18/h5-13,16-17H,14-15H2,1-4H3. The Labute approximate surface area is 181 Å². The highest BCUT2D eigenvalue weighted by molar-refractivity contribution is 8.00. The summed E-state index contributed by atoms with van der Waals surface area (Å²) in [5, 5.41) is 8.82. The van der Waals surface area contributed by atoms with E-state index in [0.29, 0.717) is 35.6 Å². The number of benzene rings is 2. The first kappa shape index (κ1) is 22.0. The van der Waals surface area contributed by atoms with Crippen LogP contribution >= 0.6 is 11.8 Å². The molecular weight excluding hydrogens is 399 g/mol. The van der Waals surface area contributed by atoms with Gasteiger partial charge in [0.2, 0.25) is 5.91 Å². The van der Waals surface area contributed by atoms with Crippen molar-refractivity contribution in [2.24, 2.45) is 5.92 Å². The summed E-state index contributed by atoms with van der Waals surface area (Å²) in [5.41, 5.74) is 1.49. The van der Waals surface area contributed by atoms with Gasteiger partial charge in [0.1, 0.15) is 5.82 Å². The molecule has 0 bridgehead atoms. The lowest BCUT2D eigenvalue weighted by molar-refractivity contribution is -0.129. The molecule has 3 aromatic rings. The monoisotopic (exact) mass is 426 g/mol. The third-order valence-electron chi connectivity index (χ3n) is 4.65. The van der Waals surface area contributed by atoms with Crippen LogP contribution in [0, 0.1) is 11.7 Å². The molecule has 0 radical (unpaired) electrons. The lowest BCUT2D eigenvalue weighted by Gasteiger charge is -2.21. The van der Waals surface area contributed by atoms with Crippen LogP contribution in [0.5, 0.6) is 0 Å². The Morgan fingerprint density at radius 2 is 1.73 bits per heavy atom. The van der Waals surface area contributed by atoms with Gasteiger partial charge in [-0.2, -0.15) is 0 Å².